The van der Waals surface area contributed by atoms with Crippen LogP contribution >= 0.6 is 0 Å². The van der Waals surface area contributed by atoms with E-state index < -0.39 is 0 Å². The van der Waals surface area contributed by atoms with Gasteiger partial charge in [-0.05, 0) is 32.1 Å². The highest BCUT2D eigenvalue weighted by molar-refractivity contribution is 5.53. The van der Waals surface area contributed by atoms with Crippen LogP contribution < -0.4 is 0 Å². The molecule has 1 atom stereocenters. The Morgan fingerprint density at radius 1 is 1.64 bits per heavy atom. The van der Waals surface area contributed by atoms with Gasteiger partial charge < -0.3 is 4.79 Å². The third-order valence-electron chi connectivity index (χ3n) is 2.20. The normalized spacial score (nSPS) is 20.6. The van der Waals surface area contributed by atoms with Gasteiger partial charge in [-0.15, -0.1) is 0 Å². The standard InChI is InChI=1S/C10H16O/c1-9(8-11)7-10-5-3-2-4-6-10/h5,8-9H,2-4,6-7H2,1H3. The van der Waals surface area contributed by atoms with E-state index in [4.69, 9.17) is 0 Å². The van der Waals surface area contributed by atoms with Gasteiger partial charge in [0.15, 0.2) is 0 Å². The van der Waals surface area contributed by atoms with E-state index in [1.807, 2.05) is 6.92 Å². The lowest BCUT2D eigenvalue weighted by molar-refractivity contribution is -0.110. The van der Waals surface area contributed by atoms with E-state index in [9.17, 15) is 4.79 Å². The van der Waals surface area contributed by atoms with Crippen LogP contribution in [0.15, 0.2) is 11.6 Å². The molecule has 1 aliphatic carbocycles. The van der Waals surface area contributed by atoms with Crippen molar-refractivity contribution in [2.24, 2.45) is 5.92 Å². The predicted octanol–water partition coefficient (Wildman–Crippen LogP) is 2.71. The predicted molar refractivity (Wildman–Crippen MR) is 46.4 cm³/mol. The Balaban J connectivity index is 2.34. The molecule has 0 saturated carbocycles. The van der Waals surface area contributed by atoms with Crippen LogP contribution in [0.4, 0.5) is 0 Å². The third-order valence-corrected chi connectivity index (χ3v) is 2.20. The highest BCUT2D eigenvalue weighted by Crippen LogP contribution is 2.22. The molecule has 1 rings (SSSR count). The van der Waals surface area contributed by atoms with E-state index in [0.29, 0.717) is 0 Å². The molecule has 1 aliphatic rings. The topological polar surface area (TPSA) is 17.1 Å². The summed E-state index contributed by atoms with van der Waals surface area (Å²) in [5.74, 6) is 0.222. The fourth-order valence-corrected chi connectivity index (χ4v) is 1.55. The molecule has 0 aromatic carbocycles. The van der Waals surface area contributed by atoms with E-state index >= 15 is 0 Å². The number of carbonyl (C=O) groups is 1. The van der Waals surface area contributed by atoms with Gasteiger partial charge in [0.2, 0.25) is 0 Å². The van der Waals surface area contributed by atoms with Gasteiger partial charge in [0.05, 0.1) is 0 Å². The van der Waals surface area contributed by atoms with Crippen molar-refractivity contribution in [3.63, 3.8) is 0 Å². The fraction of sp³-hybridized carbons (Fsp3) is 0.700. The molecule has 62 valence electrons. The molecule has 0 aromatic heterocycles. The summed E-state index contributed by atoms with van der Waals surface area (Å²) in [5.41, 5.74) is 1.50. The Morgan fingerprint density at radius 2 is 2.45 bits per heavy atom. The summed E-state index contributed by atoms with van der Waals surface area (Å²) >= 11 is 0. The Bertz CT molecular complexity index is 158. The minimum Gasteiger partial charge on any atom is -0.303 e. The van der Waals surface area contributed by atoms with E-state index in [0.717, 1.165) is 12.7 Å². The highest BCUT2D eigenvalue weighted by atomic mass is 16.1. The van der Waals surface area contributed by atoms with Gasteiger partial charge >= 0.3 is 0 Å². The van der Waals surface area contributed by atoms with Gasteiger partial charge in [0.25, 0.3) is 0 Å². The number of hydrogen-bond acceptors (Lipinski definition) is 1. The van der Waals surface area contributed by atoms with Crippen molar-refractivity contribution in [2.75, 3.05) is 0 Å². The van der Waals surface area contributed by atoms with Crippen LogP contribution in [0.5, 0.6) is 0 Å². The molecular weight excluding hydrogens is 136 g/mol. The first kappa shape index (κ1) is 8.51. The van der Waals surface area contributed by atoms with Crippen LogP contribution in [0.25, 0.3) is 0 Å². The molecule has 1 heteroatoms. The number of hydrogen-bond donors (Lipinski definition) is 0. The van der Waals surface area contributed by atoms with Crippen molar-refractivity contribution in [2.45, 2.75) is 39.0 Å². The fourth-order valence-electron chi connectivity index (χ4n) is 1.55. The quantitative estimate of drug-likeness (QED) is 0.449. The Morgan fingerprint density at radius 3 is 3.00 bits per heavy atom. The van der Waals surface area contributed by atoms with Crippen LogP contribution in [-0.2, 0) is 4.79 Å². The number of carbonyl (C=O) groups excluding carboxylic acids is 1. The SMILES string of the molecule is CC(C=O)CC1=CCCCC1. The average Bonchev–Trinajstić information content (AvgIpc) is 2.06. The number of rotatable bonds is 3. The molecule has 1 nitrogen and oxygen atoms in total. The van der Waals surface area contributed by atoms with Crippen LogP contribution in [0.2, 0.25) is 0 Å². The summed E-state index contributed by atoms with van der Waals surface area (Å²) in [4.78, 5) is 10.4. The Labute approximate surface area is 68.5 Å². The largest absolute Gasteiger partial charge is 0.303 e. The van der Waals surface area contributed by atoms with Gasteiger partial charge in [-0.3, -0.25) is 0 Å². The van der Waals surface area contributed by atoms with Crippen molar-refractivity contribution in [3.8, 4) is 0 Å². The number of aldehydes is 1. The highest BCUT2D eigenvalue weighted by Gasteiger charge is 2.07. The molecule has 0 aromatic rings. The van der Waals surface area contributed by atoms with E-state index in [2.05, 4.69) is 6.08 Å². The minimum atomic E-state index is 0.222. The van der Waals surface area contributed by atoms with E-state index in [1.165, 1.54) is 31.3 Å². The van der Waals surface area contributed by atoms with Crippen molar-refractivity contribution >= 4 is 6.29 Å². The van der Waals surface area contributed by atoms with Crippen LogP contribution in [0, 0.1) is 5.92 Å². The second kappa shape index (κ2) is 4.32. The lowest BCUT2D eigenvalue weighted by Gasteiger charge is -2.13. The second-order valence-electron chi connectivity index (χ2n) is 3.43. The summed E-state index contributed by atoms with van der Waals surface area (Å²) in [6.45, 7) is 1.99. The molecule has 0 spiro atoms. The van der Waals surface area contributed by atoms with Gasteiger partial charge in [0.1, 0.15) is 6.29 Å². The van der Waals surface area contributed by atoms with Crippen molar-refractivity contribution in [3.05, 3.63) is 11.6 Å². The monoisotopic (exact) mass is 152 g/mol. The smallest absolute Gasteiger partial charge is 0.123 e. The lowest BCUT2D eigenvalue weighted by Crippen LogP contribution is -2.00. The molecule has 0 heterocycles. The van der Waals surface area contributed by atoms with Gasteiger partial charge in [-0.1, -0.05) is 18.6 Å². The first-order valence-electron chi connectivity index (χ1n) is 4.46. The van der Waals surface area contributed by atoms with Crippen molar-refractivity contribution in [1.29, 1.82) is 0 Å². The van der Waals surface area contributed by atoms with E-state index in [1.54, 1.807) is 0 Å². The summed E-state index contributed by atoms with van der Waals surface area (Å²) in [6, 6.07) is 0. The molecule has 11 heavy (non-hydrogen) atoms. The molecule has 1 unspecified atom stereocenters. The maximum Gasteiger partial charge on any atom is 0.123 e. The Hall–Kier alpha value is -0.590. The Kier molecular flexibility index (Phi) is 3.34. The maximum atomic E-state index is 10.4. The van der Waals surface area contributed by atoms with Crippen molar-refractivity contribution < 1.29 is 4.79 Å². The third kappa shape index (κ3) is 2.87. The molecular formula is C10H16O. The zero-order valence-corrected chi connectivity index (χ0v) is 7.18. The maximum absolute atomic E-state index is 10.4. The van der Waals surface area contributed by atoms with Crippen LogP contribution in [0.1, 0.15) is 39.0 Å². The molecule has 0 aliphatic heterocycles. The summed E-state index contributed by atoms with van der Waals surface area (Å²) in [6.07, 6.45) is 9.44. The van der Waals surface area contributed by atoms with Crippen LogP contribution in [0.3, 0.4) is 0 Å². The first-order valence-corrected chi connectivity index (χ1v) is 4.46. The van der Waals surface area contributed by atoms with Gasteiger partial charge in [0, 0.05) is 5.92 Å². The van der Waals surface area contributed by atoms with Crippen molar-refractivity contribution in [1.82, 2.24) is 0 Å². The molecule has 0 N–H and O–H groups in total. The zero-order valence-electron chi connectivity index (χ0n) is 7.18. The first-order chi connectivity index (χ1) is 5.33. The molecule has 0 bridgehead atoms. The summed E-state index contributed by atoms with van der Waals surface area (Å²) in [5, 5.41) is 0. The molecule has 0 amide bonds. The molecule has 0 saturated heterocycles. The lowest BCUT2D eigenvalue weighted by atomic mass is 9.93. The van der Waals surface area contributed by atoms with Crippen LogP contribution in [-0.4, -0.2) is 6.29 Å². The number of allylic oxidation sites excluding steroid dienone is 2. The van der Waals surface area contributed by atoms with Gasteiger partial charge in [-0.2, -0.15) is 0 Å². The zero-order chi connectivity index (χ0) is 8.10. The van der Waals surface area contributed by atoms with Gasteiger partial charge in [-0.25, -0.2) is 0 Å². The summed E-state index contributed by atoms with van der Waals surface area (Å²) in [7, 11) is 0. The average molecular weight is 152 g/mol. The minimum absolute atomic E-state index is 0.222. The van der Waals surface area contributed by atoms with E-state index in [-0.39, 0.29) is 5.92 Å². The second-order valence-corrected chi connectivity index (χ2v) is 3.43. The molecule has 0 radical (unpaired) electrons. The molecule has 0 fully saturated rings. The summed E-state index contributed by atoms with van der Waals surface area (Å²) < 4.78 is 0.